The Bertz CT molecular complexity index is 3830. The number of nitrogens with zero attached hydrogens (tertiary/aromatic N) is 2. The van der Waals surface area contributed by atoms with Crippen LogP contribution in [0, 0.1) is 25.6 Å². The Labute approximate surface area is 621 Å². The van der Waals surface area contributed by atoms with E-state index in [0.29, 0.717) is 57.9 Å². The number of rotatable bonds is 28. The Morgan fingerprint density at radius 3 is 1.74 bits per heavy atom. The number of fused-ring (bicyclic) bond motifs is 1. The van der Waals surface area contributed by atoms with E-state index >= 15 is 0 Å². The van der Waals surface area contributed by atoms with Crippen molar-refractivity contribution in [3.05, 3.63) is 112 Å². The number of amides is 13. The average Bonchev–Trinajstić information content (AvgIpc) is 1.61. The normalized spacial score (nSPS) is 21.0. The van der Waals surface area contributed by atoms with E-state index in [1.165, 1.54) is 32.1 Å². The molecule has 584 valence electrons. The number of anilines is 1. The summed E-state index contributed by atoms with van der Waals surface area (Å²) in [6.07, 6.45) is -2.91. The summed E-state index contributed by atoms with van der Waals surface area (Å²) in [6.45, 7) is 15.1. The highest BCUT2D eigenvalue weighted by atomic mass is 19.1. The number of halogens is 1. The van der Waals surface area contributed by atoms with Crippen LogP contribution < -0.4 is 92.1 Å². The number of urea groups is 1. The van der Waals surface area contributed by atoms with Crippen molar-refractivity contribution >= 4 is 88.3 Å². The number of aromatic amines is 1. The number of likely N-dealkylation sites (N-methyl/N-ethyl adjacent to an activating group) is 1. The fourth-order valence-electron chi connectivity index (χ4n) is 12.3. The zero-order valence-electron chi connectivity index (χ0n) is 61.8. The van der Waals surface area contributed by atoms with Gasteiger partial charge in [0.05, 0.1) is 29.0 Å². The molecule has 0 spiro atoms. The summed E-state index contributed by atoms with van der Waals surface area (Å²) >= 11 is 0. The fraction of sp³-hybridized carbons (Fsp3) is 0.507. The molecule has 1 fully saturated rings. The van der Waals surface area contributed by atoms with Crippen LogP contribution in [0.5, 0.6) is 0 Å². The summed E-state index contributed by atoms with van der Waals surface area (Å²) in [5.74, 6) is -10.4. The molecule has 33 nitrogen and oxygen atoms in total. The molecule has 2 aliphatic rings. The van der Waals surface area contributed by atoms with Crippen molar-refractivity contribution in [1.82, 2.24) is 68.4 Å². The summed E-state index contributed by atoms with van der Waals surface area (Å²) < 4.78 is 14.9. The van der Waals surface area contributed by atoms with E-state index in [1.807, 2.05) is 13.8 Å². The zero-order chi connectivity index (χ0) is 78.9. The minimum absolute atomic E-state index is 0.0108. The number of nitrogens with two attached hydrogens (primary N) is 5. The van der Waals surface area contributed by atoms with Gasteiger partial charge in [0.2, 0.25) is 53.2 Å². The van der Waals surface area contributed by atoms with Crippen molar-refractivity contribution in [3.8, 4) is 11.1 Å². The fourth-order valence-corrected chi connectivity index (χ4v) is 12.3. The van der Waals surface area contributed by atoms with Crippen LogP contribution >= 0.6 is 0 Å². The number of aromatic nitrogens is 1. The molecule has 0 bridgehead atoms. The van der Waals surface area contributed by atoms with Gasteiger partial charge < -0.3 is 107 Å². The minimum Gasteiger partial charge on any atom is -0.391 e. The third-order valence-corrected chi connectivity index (χ3v) is 18.4. The average molecular weight is 1490 g/mol. The summed E-state index contributed by atoms with van der Waals surface area (Å²) in [4.78, 5) is 175. The van der Waals surface area contributed by atoms with Crippen molar-refractivity contribution in [2.45, 2.75) is 173 Å². The molecule has 0 radical (unpaired) electrons. The van der Waals surface area contributed by atoms with Gasteiger partial charge in [-0.2, -0.15) is 0 Å². The molecule has 13 amide bonds. The Kier molecular flexibility index (Phi) is 33.0. The van der Waals surface area contributed by atoms with Gasteiger partial charge in [-0.05, 0) is 163 Å². The molecule has 6 rings (SSSR count). The van der Waals surface area contributed by atoms with E-state index in [9.17, 15) is 72.1 Å². The van der Waals surface area contributed by atoms with Gasteiger partial charge in [-0.1, -0.05) is 76.2 Å². The Balaban J connectivity index is 1.27. The first-order chi connectivity index (χ1) is 50.9. The van der Waals surface area contributed by atoms with E-state index in [-0.39, 0.29) is 99.9 Å². The molecule has 4 aromatic rings. The summed E-state index contributed by atoms with van der Waals surface area (Å²) in [5, 5.41) is 49.7. The number of benzene rings is 3. The van der Waals surface area contributed by atoms with Crippen LogP contribution in [0.15, 0.2) is 66.7 Å². The van der Waals surface area contributed by atoms with E-state index in [2.05, 4.69) is 68.4 Å². The van der Waals surface area contributed by atoms with Gasteiger partial charge in [-0.25, -0.2) is 14.1 Å². The predicted octanol–water partition coefficient (Wildman–Crippen LogP) is -2.22. The molecule has 2 aliphatic heterocycles. The number of imide groups is 1. The first-order valence-electron chi connectivity index (χ1n) is 36.0. The molecular weight excluding hydrogens is 1390 g/mol. The van der Waals surface area contributed by atoms with Crippen LogP contribution in [0.3, 0.4) is 0 Å². The smallest absolute Gasteiger partial charge is 0.329 e. The van der Waals surface area contributed by atoms with Gasteiger partial charge in [0.25, 0.3) is 11.8 Å². The SMILES string of the molecule is CCN(CC)CCNC(=O)c1c(C)[nH]c(/C=C2\C(=O)N(C(=O)NCc3ccc(-c4ccc(C[C@H]5NC(=O)C(CCN)NC(=O)[C@@H](NC(=O)[C@H](CCN)NC(=O)[C@@H](N)[C@@H](C)O)CCNC(=O)[C@H]([C@@H](C)O)NC(=O)[C@H](CCN)NC(=O)[C@H](CCN)NC(=O)[C@H](CC(C)C)NC5=O)cc4)cc3)c3ccc(F)cc32)c1C. The lowest BCUT2D eigenvalue weighted by molar-refractivity contribution is -0.136. The highest BCUT2D eigenvalue weighted by Gasteiger charge is 2.40. The van der Waals surface area contributed by atoms with Crippen molar-refractivity contribution < 1.29 is 72.1 Å². The second-order valence-corrected chi connectivity index (χ2v) is 27.0. The monoisotopic (exact) mass is 1490 g/mol. The van der Waals surface area contributed by atoms with E-state index in [0.717, 1.165) is 24.1 Å². The largest absolute Gasteiger partial charge is 0.391 e. The molecule has 3 aromatic carbocycles. The third kappa shape index (κ3) is 24.0. The van der Waals surface area contributed by atoms with Crippen LogP contribution in [-0.2, 0) is 60.9 Å². The number of carbonyl (C=O) groups excluding carboxylic acids is 12. The van der Waals surface area contributed by atoms with Gasteiger partial charge in [-0.15, -0.1) is 0 Å². The van der Waals surface area contributed by atoms with Crippen LogP contribution in [0.4, 0.5) is 14.9 Å². The second-order valence-electron chi connectivity index (χ2n) is 27.0. The van der Waals surface area contributed by atoms with Gasteiger partial charge >= 0.3 is 6.03 Å². The number of aliphatic hydroxyl groups is 2. The van der Waals surface area contributed by atoms with Crippen LogP contribution in [0.1, 0.15) is 124 Å². The maximum Gasteiger partial charge on any atom is 0.329 e. The van der Waals surface area contributed by atoms with Crippen molar-refractivity contribution in [2.75, 3.05) is 63.8 Å². The Hall–Kier alpha value is -10.1. The second kappa shape index (κ2) is 41.2. The quantitative estimate of drug-likeness (QED) is 0.0268. The molecule has 1 unspecified atom stereocenters. The van der Waals surface area contributed by atoms with Gasteiger partial charge in [0.1, 0.15) is 60.2 Å². The maximum atomic E-state index is 14.9. The molecule has 3 heterocycles. The number of aliphatic hydroxyl groups excluding tert-OH is 2. The number of hydrogen-bond acceptors (Lipinski definition) is 20. The summed E-state index contributed by atoms with van der Waals surface area (Å²) in [7, 11) is 0. The summed E-state index contributed by atoms with van der Waals surface area (Å²) in [5.41, 5.74) is 34.3. The molecule has 34 heteroatoms. The highest BCUT2D eigenvalue weighted by molar-refractivity contribution is 6.42. The molecule has 24 N–H and O–H groups in total. The minimum atomic E-state index is -1.69. The van der Waals surface area contributed by atoms with Crippen molar-refractivity contribution in [3.63, 3.8) is 0 Å². The Morgan fingerprint density at radius 2 is 1.20 bits per heavy atom. The molecular formula is C73H106FN19O14. The lowest BCUT2D eigenvalue weighted by Gasteiger charge is -2.28. The molecule has 11 atom stereocenters. The Morgan fingerprint density at radius 1 is 0.664 bits per heavy atom. The van der Waals surface area contributed by atoms with Crippen LogP contribution in [0.2, 0.25) is 0 Å². The zero-order valence-corrected chi connectivity index (χ0v) is 61.8. The number of carbonyl (C=O) groups is 12. The van der Waals surface area contributed by atoms with Gasteiger partial charge in [-0.3, -0.25) is 52.7 Å². The lowest BCUT2D eigenvalue weighted by atomic mass is 9.98. The first-order valence-corrected chi connectivity index (χ1v) is 36.0. The first kappa shape index (κ1) is 85.9. The lowest BCUT2D eigenvalue weighted by Crippen LogP contribution is -2.61. The molecule has 0 aliphatic carbocycles. The predicted molar refractivity (Wildman–Crippen MR) is 399 cm³/mol. The topological polar surface area (TPSA) is 530 Å². The number of hydrogen-bond donors (Lipinski definition) is 19. The summed E-state index contributed by atoms with van der Waals surface area (Å²) in [6, 6.07) is 3.31. The molecule has 1 saturated heterocycles. The molecule has 1 aromatic heterocycles. The highest BCUT2D eigenvalue weighted by Crippen LogP contribution is 2.39. The van der Waals surface area contributed by atoms with Crippen LogP contribution in [-0.4, -0.2) is 217 Å². The molecule has 0 saturated carbocycles. The van der Waals surface area contributed by atoms with E-state index in [4.69, 9.17) is 28.7 Å². The van der Waals surface area contributed by atoms with Gasteiger partial charge in [0, 0.05) is 49.6 Å². The number of nitrogens with one attached hydrogen (secondary N) is 12. The molecule has 107 heavy (non-hydrogen) atoms. The third-order valence-electron chi connectivity index (χ3n) is 18.4. The number of aryl methyl sites for hydroxylation is 1. The standard InChI is InChI=1S/C73H106FN19O14/c1-9-92(10-2)32-31-81-69(103)59-39(5)55(83-40(59)6)36-49-48-35-47(74)19-20-58(48)93(72(49)106)73(107)82-37-44-13-17-46(18-14-44)45-15-11-43(12-16-45)34-57-68(102)89-56(33-38(3)4)67(101)86-50(21-26-75)62(96)85-53(24-29-78)66(100)91-61(42(8)95)71(105)80-30-25-54(65(99)84-51(22-27-76)64(98)90-57)87-63(97)52(23-28-77)88-70(104)60(79)41(7)94/h11-20,35-36,38,41-42,50-54,56-57,60-61,83,94-95H,9-10,21-34,37,75-79H2,1-8H3,(H,80,105)(H,81,103)(H,82,107)(H,84,99)(H,85,96)(H,86,101)(H,87,97)(H,88,104)(H,89,102)(H,90,98)(H,91,100)/b49-36-/t41-,42-,50+,51?,52+,53+,54+,56+,57-,60+,61+/m1/s1. The van der Waals surface area contributed by atoms with Gasteiger partial charge in [0.15, 0.2) is 0 Å². The van der Waals surface area contributed by atoms with E-state index in [1.54, 1.807) is 76.2 Å². The van der Waals surface area contributed by atoms with E-state index < -0.39 is 150 Å². The van der Waals surface area contributed by atoms with Crippen molar-refractivity contribution in [2.24, 2.45) is 34.6 Å². The maximum absolute atomic E-state index is 14.9. The van der Waals surface area contributed by atoms with Crippen LogP contribution in [0.25, 0.3) is 22.8 Å². The number of H-pyrrole nitrogens is 1. The van der Waals surface area contributed by atoms with Crippen molar-refractivity contribution in [1.29, 1.82) is 0 Å².